The van der Waals surface area contributed by atoms with Crippen LogP contribution >= 0.6 is 15.9 Å². The van der Waals surface area contributed by atoms with Gasteiger partial charge in [0.25, 0.3) is 0 Å². The van der Waals surface area contributed by atoms with Crippen molar-refractivity contribution in [1.82, 2.24) is 20.4 Å². The second-order valence-electron chi connectivity index (χ2n) is 7.41. The maximum atomic E-state index is 4.90. The largest absolute Gasteiger partial charge is 0.357 e. The number of benzene rings is 1. The number of halogens is 1. The number of aryl methyl sites for hydroxylation is 2. The predicted octanol–water partition coefficient (Wildman–Crippen LogP) is 3.63. The molecule has 1 aromatic carbocycles. The van der Waals surface area contributed by atoms with Crippen molar-refractivity contribution < 1.29 is 0 Å². The number of nitrogens with one attached hydrogen (secondary N) is 2. The molecule has 1 aliphatic rings. The van der Waals surface area contributed by atoms with Gasteiger partial charge in [-0.05, 0) is 57.2 Å². The molecule has 1 aromatic heterocycles. The Hall–Kier alpha value is -1.82. The van der Waals surface area contributed by atoms with E-state index >= 15 is 0 Å². The monoisotopic (exact) mass is 431 g/mol. The first-order valence-electron chi connectivity index (χ1n) is 9.73. The molecular weight excluding hydrogens is 402 g/mol. The van der Waals surface area contributed by atoms with Crippen LogP contribution in [0.2, 0.25) is 0 Å². The molecule has 0 saturated heterocycles. The third kappa shape index (κ3) is 4.54. The summed E-state index contributed by atoms with van der Waals surface area (Å²) in [6.07, 6.45) is 3.35. The smallest absolute Gasteiger partial charge is 0.191 e. The number of nitrogens with zero attached hydrogens (tertiary/aromatic N) is 3. The van der Waals surface area contributed by atoms with Crippen molar-refractivity contribution in [2.24, 2.45) is 12.0 Å². The fourth-order valence-electron chi connectivity index (χ4n) is 3.61. The topological polar surface area (TPSA) is 54.2 Å². The van der Waals surface area contributed by atoms with Crippen LogP contribution in [-0.2, 0) is 18.9 Å². The minimum atomic E-state index is 0.193. The average molecular weight is 432 g/mol. The lowest BCUT2D eigenvalue weighted by atomic mass is 9.96. The Morgan fingerprint density at radius 1 is 1.26 bits per heavy atom. The van der Waals surface area contributed by atoms with Gasteiger partial charge in [0.05, 0.1) is 12.2 Å². The summed E-state index contributed by atoms with van der Waals surface area (Å²) in [5.41, 5.74) is 5.25. The van der Waals surface area contributed by atoms with Crippen LogP contribution in [0.1, 0.15) is 42.3 Å². The first-order valence-corrected chi connectivity index (χ1v) is 10.5. The van der Waals surface area contributed by atoms with Crippen molar-refractivity contribution >= 4 is 21.9 Å². The van der Waals surface area contributed by atoms with Crippen LogP contribution < -0.4 is 10.6 Å². The maximum Gasteiger partial charge on any atom is 0.191 e. The van der Waals surface area contributed by atoms with Gasteiger partial charge in [0.2, 0.25) is 0 Å². The fraction of sp³-hybridized carbons (Fsp3) is 0.524. The molecule has 0 aliphatic heterocycles. The van der Waals surface area contributed by atoms with Crippen molar-refractivity contribution in [3.63, 3.8) is 0 Å². The van der Waals surface area contributed by atoms with E-state index in [0.29, 0.717) is 0 Å². The first-order chi connectivity index (χ1) is 13.0. The van der Waals surface area contributed by atoms with E-state index in [2.05, 4.69) is 76.7 Å². The lowest BCUT2D eigenvalue weighted by molar-refractivity contribution is 0.688. The zero-order valence-electron chi connectivity index (χ0n) is 16.8. The standard InChI is InChI=1S/C21H30BrN5/c1-5-23-20(24-13-10-17-15(2)26-27(4)16(17)3)25-14-21(11-12-21)18-8-6-7-9-19(18)22/h6-9H,5,10-14H2,1-4H3,(H2,23,24,25). The van der Waals surface area contributed by atoms with Crippen molar-refractivity contribution in [2.75, 3.05) is 19.6 Å². The Morgan fingerprint density at radius 2 is 2.00 bits per heavy atom. The SMILES string of the molecule is CCNC(=NCC1(c2ccccc2Br)CC1)NCCc1c(C)nn(C)c1C. The Balaban J connectivity index is 1.62. The molecule has 0 spiro atoms. The summed E-state index contributed by atoms with van der Waals surface area (Å²) in [6, 6.07) is 8.54. The highest BCUT2D eigenvalue weighted by Gasteiger charge is 2.45. The average Bonchev–Trinajstić information content (AvgIpc) is 3.39. The van der Waals surface area contributed by atoms with E-state index in [1.165, 1.54) is 34.1 Å². The van der Waals surface area contributed by atoms with Crippen LogP contribution in [0.4, 0.5) is 0 Å². The van der Waals surface area contributed by atoms with Gasteiger partial charge in [-0.25, -0.2) is 0 Å². The molecule has 1 saturated carbocycles. The Labute approximate surface area is 170 Å². The van der Waals surface area contributed by atoms with Gasteiger partial charge in [-0.3, -0.25) is 9.67 Å². The lowest BCUT2D eigenvalue weighted by Gasteiger charge is -2.17. The van der Waals surface area contributed by atoms with E-state index in [9.17, 15) is 0 Å². The van der Waals surface area contributed by atoms with Gasteiger partial charge in [0.15, 0.2) is 5.96 Å². The molecule has 0 bridgehead atoms. The number of hydrogen-bond donors (Lipinski definition) is 2. The van der Waals surface area contributed by atoms with E-state index in [0.717, 1.165) is 37.7 Å². The zero-order valence-corrected chi connectivity index (χ0v) is 18.4. The third-order valence-corrected chi connectivity index (χ3v) is 6.20. The fourth-order valence-corrected chi connectivity index (χ4v) is 4.32. The molecule has 6 heteroatoms. The van der Waals surface area contributed by atoms with Crippen LogP contribution in [0.15, 0.2) is 33.7 Å². The molecule has 5 nitrogen and oxygen atoms in total. The highest BCUT2D eigenvalue weighted by molar-refractivity contribution is 9.10. The molecule has 2 aromatic rings. The Kier molecular flexibility index (Phi) is 6.25. The van der Waals surface area contributed by atoms with Crippen molar-refractivity contribution in [3.8, 4) is 0 Å². The van der Waals surface area contributed by atoms with Crippen molar-refractivity contribution in [2.45, 2.75) is 45.4 Å². The molecule has 1 fully saturated rings. The van der Waals surface area contributed by atoms with Crippen molar-refractivity contribution in [1.29, 1.82) is 0 Å². The van der Waals surface area contributed by atoms with Crippen LogP contribution in [0.25, 0.3) is 0 Å². The molecule has 3 rings (SSSR count). The molecule has 0 unspecified atom stereocenters. The van der Waals surface area contributed by atoms with E-state index in [4.69, 9.17) is 4.99 Å². The number of rotatable bonds is 7. The van der Waals surface area contributed by atoms with Crippen LogP contribution in [0.3, 0.4) is 0 Å². The summed E-state index contributed by atoms with van der Waals surface area (Å²) in [6.45, 7) is 8.84. The number of aromatic nitrogens is 2. The molecule has 1 heterocycles. The molecule has 0 radical (unpaired) electrons. The highest BCUT2D eigenvalue weighted by atomic mass is 79.9. The summed E-state index contributed by atoms with van der Waals surface area (Å²) in [4.78, 5) is 4.90. The summed E-state index contributed by atoms with van der Waals surface area (Å²) in [5, 5.41) is 11.4. The quantitative estimate of drug-likeness (QED) is 0.519. The van der Waals surface area contributed by atoms with Gasteiger partial charge in [0, 0.05) is 35.7 Å². The van der Waals surface area contributed by atoms with Crippen LogP contribution in [-0.4, -0.2) is 35.4 Å². The lowest BCUT2D eigenvalue weighted by Crippen LogP contribution is -2.39. The summed E-state index contributed by atoms with van der Waals surface area (Å²) >= 11 is 3.71. The predicted molar refractivity (Wildman–Crippen MR) is 115 cm³/mol. The Bertz CT molecular complexity index is 820. The normalized spacial score (nSPS) is 15.7. The maximum absolute atomic E-state index is 4.90. The molecular formula is C21H30BrN5. The molecule has 27 heavy (non-hydrogen) atoms. The van der Waals surface area contributed by atoms with Gasteiger partial charge in [0.1, 0.15) is 0 Å². The second-order valence-corrected chi connectivity index (χ2v) is 8.26. The minimum absolute atomic E-state index is 0.193. The van der Waals surface area contributed by atoms with Gasteiger partial charge in [-0.2, -0.15) is 5.10 Å². The zero-order chi connectivity index (χ0) is 19.4. The van der Waals surface area contributed by atoms with E-state index in [1.54, 1.807) is 0 Å². The van der Waals surface area contributed by atoms with E-state index < -0.39 is 0 Å². The molecule has 0 amide bonds. The number of hydrogen-bond acceptors (Lipinski definition) is 2. The molecule has 146 valence electrons. The number of aliphatic imine (C=N–C) groups is 1. The molecule has 1 aliphatic carbocycles. The Morgan fingerprint density at radius 3 is 2.59 bits per heavy atom. The molecule has 2 N–H and O–H groups in total. The van der Waals surface area contributed by atoms with Crippen molar-refractivity contribution in [3.05, 3.63) is 51.3 Å². The van der Waals surface area contributed by atoms with Gasteiger partial charge in [-0.15, -0.1) is 0 Å². The molecule has 0 atom stereocenters. The summed E-state index contributed by atoms with van der Waals surface area (Å²) in [5.74, 6) is 0.898. The third-order valence-electron chi connectivity index (χ3n) is 5.51. The second kappa shape index (κ2) is 8.46. The van der Waals surface area contributed by atoms with Gasteiger partial charge < -0.3 is 10.6 Å². The summed E-state index contributed by atoms with van der Waals surface area (Å²) in [7, 11) is 2.00. The number of guanidine groups is 1. The van der Waals surface area contributed by atoms with Crippen LogP contribution in [0, 0.1) is 13.8 Å². The van der Waals surface area contributed by atoms with Crippen LogP contribution in [0.5, 0.6) is 0 Å². The van der Waals surface area contributed by atoms with Gasteiger partial charge >= 0.3 is 0 Å². The van der Waals surface area contributed by atoms with E-state index in [-0.39, 0.29) is 5.41 Å². The highest BCUT2D eigenvalue weighted by Crippen LogP contribution is 2.50. The first kappa shape index (κ1) is 19.9. The van der Waals surface area contributed by atoms with Gasteiger partial charge in [-0.1, -0.05) is 34.1 Å². The minimum Gasteiger partial charge on any atom is -0.357 e. The van der Waals surface area contributed by atoms with E-state index in [1.807, 2.05) is 11.7 Å². The summed E-state index contributed by atoms with van der Waals surface area (Å²) < 4.78 is 3.15.